The summed E-state index contributed by atoms with van der Waals surface area (Å²) in [5, 5.41) is 8.86. The summed E-state index contributed by atoms with van der Waals surface area (Å²) in [6.07, 6.45) is -4.21. The van der Waals surface area contributed by atoms with Crippen LogP contribution in [0.15, 0.2) is 36.4 Å². The summed E-state index contributed by atoms with van der Waals surface area (Å²) in [5.74, 6) is 0. The highest BCUT2D eigenvalue weighted by Crippen LogP contribution is 2.31. The molecule has 0 saturated carbocycles. The predicted molar refractivity (Wildman–Crippen MR) is 69.0 cm³/mol. The number of nitrogens with zero attached hydrogens (tertiary/aromatic N) is 2. The standard InChI is InChI=1S/C14H8ClF3N2/c15-13-8-9(5-6-19)7-12(20-13)10-1-3-11(4-2-10)14(16,17)18/h1-4,7-8H,5H2. The topological polar surface area (TPSA) is 36.7 Å². The van der Waals surface area contributed by atoms with Crippen LogP contribution in [0.3, 0.4) is 0 Å². The molecule has 2 rings (SSSR count). The van der Waals surface area contributed by atoms with E-state index in [2.05, 4.69) is 4.98 Å². The zero-order chi connectivity index (χ0) is 14.8. The molecule has 0 spiro atoms. The number of halogens is 4. The number of benzene rings is 1. The average molecular weight is 297 g/mol. The summed E-state index contributed by atoms with van der Waals surface area (Å²) < 4.78 is 37.4. The summed E-state index contributed by atoms with van der Waals surface area (Å²) in [6, 6.07) is 9.81. The molecule has 0 unspecified atom stereocenters. The summed E-state index contributed by atoms with van der Waals surface area (Å²) in [5.41, 5.74) is 0.902. The summed E-state index contributed by atoms with van der Waals surface area (Å²) in [6.45, 7) is 0. The maximum Gasteiger partial charge on any atom is 0.416 e. The van der Waals surface area contributed by atoms with Crippen LogP contribution in [0.5, 0.6) is 0 Å². The van der Waals surface area contributed by atoms with Crippen molar-refractivity contribution < 1.29 is 13.2 Å². The van der Waals surface area contributed by atoms with Gasteiger partial charge in [-0.3, -0.25) is 0 Å². The van der Waals surface area contributed by atoms with Gasteiger partial charge in [0.15, 0.2) is 0 Å². The molecular formula is C14H8ClF3N2. The Balaban J connectivity index is 2.39. The largest absolute Gasteiger partial charge is 0.416 e. The Labute approximate surface area is 118 Å². The highest BCUT2D eigenvalue weighted by atomic mass is 35.5. The number of nitriles is 1. The fraction of sp³-hybridized carbons (Fsp3) is 0.143. The lowest BCUT2D eigenvalue weighted by molar-refractivity contribution is -0.137. The van der Waals surface area contributed by atoms with Crippen LogP contribution in [-0.4, -0.2) is 4.98 Å². The fourth-order valence-corrected chi connectivity index (χ4v) is 1.95. The lowest BCUT2D eigenvalue weighted by atomic mass is 10.1. The number of hydrogen-bond donors (Lipinski definition) is 0. The molecule has 0 N–H and O–H groups in total. The van der Waals surface area contributed by atoms with Crippen molar-refractivity contribution in [3.05, 3.63) is 52.7 Å². The van der Waals surface area contributed by atoms with Crippen molar-refractivity contribution >= 4 is 11.6 Å². The first-order valence-electron chi connectivity index (χ1n) is 5.61. The van der Waals surface area contributed by atoms with E-state index in [9.17, 15) is 13.2 Å². The van der Waals surface area contributed by atoms with Crippen LogP contribution in [0.4, 0.5) is 13.2 Å². The van der Waals surface area contributed by atoms with Gasteiger partial charge in [-0.2, -0.15) is 18.4 Å². The van der Waals surface area contributed by atoms with E-state index in [-0.39, 0.29) is 11.6 Å². The minimum atomic E-state index is -4.37. The molecule has 2 aromatic rings. The van der Waals surface area contributed by atoms with Crippen molar-refractivity contribution in [2.75, 3.05) is 0 Å². The molecular weight excluding hydrogens is 289 g/mol. The van der Waals surface area contributed by atoms with Gasteiger partial charge in [-0.25, -0.2) is 4.98 Å². The summed E-state index contributed by atoms with van der Waals surface area (Å²) in [4.78, 5) is 4.05. The lowest BCUT2D eigenvalue weighted by Gasteiger charge is -2.08. The molecule has 0 aliphatic carbocycles. The third kappa shape index (κ3) is 3.28. The van der Waals surface area contributed by atoms with Gasteiger partial charge in [-0.05, 0) is 29.8 Å². The van der Waals surface area contributed by atoms with Crippen LogP contribution in [0.1, 0.15) is 11.1 Å². The van der Waals surface area contributed by atoms with Crippen molar-refractivity contribution in [1.29, 1.82) is 5.26 Å². The molecule has 6 heteroatoms. The van der Waals surface area contributed by atoms with E-state index in [1.165, 1.54) is 12.1 Å². The number of aromatic nitrogens is 1. The molecule has 0 saturated heterocycles. The van der Waals surface area contributed by atoms with Crippen molar-refractivity contribution in [3.63, 3.8) is 0 Å². The number of pyridine rings is 1. The zero-order valence-electron chi connectivity index (χ0n) is 10.1. The second-order valence-corrected chi connectivity index (χ2v) is 4.48. The third-order valence-electron chi connectivity index (χ3n) is 2.65. The Morgan fingerprint density at radius 1 is 1.15 bits per heavy atom. The van der Waals surface area contributed by atoms with Crippen LogP contribution in [0, 0.1) is 11.3 Å². The Hall–Kier alpha value is -2.06. The van der Waals surface area contributed by atoms with Crippen molar-refractivity contribution in [1.82, 2.24) is 4.98 Å². The highest BCUT2D eigenvalue weighted by Gasteiger charge is 2.30. The van der Waals surface area contributed by atoms with E-state index in [4.69, 9.17) is 16.9 Å². The molecule has 102 valence electrons. The first-order valence-corrected chi connectivity index (χ1v) is 5.99. The van der Waals surface area contributed by atoms with Gasteiger partial charge in [-0.1, -0.05) is 23.7 Å². The molecule has 1 aromatic heterocycles. The van der Waals surface area contributed by atoms with Gasteiger partial charge < -0.3 is 0 Å². The summed E-state index contributed by atoms with van der Waals surface area (Å²) >= 11 is 5.84. The van der Waals surface area contributed by atoms with E-state index in [0.29, 0.717) is 16.8 Å². The predicted octanol–water partition coefficient (Wildman–Crippen LogP) is 4.49. The number of alkyl halides is 3. The van der Waals surface area contributed by atoms with E-state index >= 15 is 0 Å². The smallest absolute Gasteiger partial charge is 0.236 e. The van der Waals surface area contributed by atoms with Crippen molar-refractivity contribution in [2.24, 2.45) is 0 Å². The van der Waals surface area contributed by atoms with E-state index in [1.807, 2.05) is 6.07 Å². The molecule has 0 radical (unpaired) electrons. The second kappa shape index (κ2) is 5.51. The van der Waals surface area contributed by atoms with Gasteiger partial charge in [0.2, 0.25) is 0 Å². The van der Waals surface area contributed by atoms with Gasteiger partial charge in [0.25, 0.3) is 0 Å². The molecule has 0 aliphatic rings. The van der Waals surface area contributed by atoms with Crippen molar-refractivity contribution in [2.45, 2.75) is 12.6 Å². The van der Waals surface area contributed by atoms with Crippen LogP contribution in [0.2, 0.25) is 5.15 Å². The van der Waals surface area contributed by atoms with Gasteiger partial charge in [0.1, 0.15) is 5.15 Å². The number of rotatable bonds is 2. The van der Waals surface area contributed by atoms with E-state index in [1.54, 1.807) is 12.1 Å². The van der Waals surface area contributed by atoms with Crippen LogP contribution in [0.25, 0.3) is 11.3 Å². The lowest BCUT2D eigenvalue weighted by Crippen LogP contribution is -2.04. The molecule has 0 fully saturated rings. The SMILES string of the molecule is N#CCc1cc(Cl)nc(-c2ccc(C(F)(F)F)cc2)c1. The monoisotopic (exact) mass is 296 g/mol. The Morgan fingerprint density at radius 3 is 2.35 bits per heavy atom. The van der Waals surface area contributed by atoms with Crippen LogP contribution in [-0.2, 0) is 12.6 Å². The first kappa shape index (κ1) is 14.4. The molecule has 0 aliphatic heterocycles. The first-order chi connectivity index (χ1) is 9.40. The minimum Gasteiger partial charge on any atom is -0.236 e. The molecule has 1 heterocycles. The molecule has 0 amide bonds. The third-order valence-corrected chi connectivity index (χ3v) is 2.84. The maximum absolute atomic E-state index is 12.5. The Kier molecular flexibility index (Phi) is 3.96. The van der Waals surface area contributed by atoms with E-state index < -0.39 is 11.7 Å². The molecule has 0 atom stereocenters. The van der Waals surface area contributed by atoms with Gasteiger partial charge in [-0.15, -0.1) is 0 Å². The number of hydrogen-bond acceptors (Lipinski definition) is 2. The Morgan fingerprint density at radius 2 is 1.80 bits per heavy atom. The van der Waals surface area contributed by atoms with E-state index in [0.717, 1.165) is 12.1 Å². The normalized spacial score (nSPS) is 11.2. The van der Waals surface area contributed by atoms with Gasteiger partial charge >= 0.3 is 6.18 Å². The molecule has 1 aromatic carbocycles. The second-order valence-electron chi connectivity index (χ2n) is 4.09. The van der Waals surface area contributed by atoms with Crippen LogP contribution < -0.4 is 0 Å². The van der Waals surface area contributed by atoms with Gasteiger partial charge in [0, 0.05) is 5.56 Å². The minimum absolute atomic E-state index is 0.163. The average Bonchev–Trinajstić information content (AvgIpc) is 2.37. The molecule has 2 nitrogen and oxygen atoms in total. The maximum atomic E-state index is 12.5. The van der Waals surface area contributed by atoms with Crippen LogP contribution >= 0.6 is 11.6 Å². The molecule has 20 heavy (non-hydrogen) atoms. The Bertz CT molecular complexity index is 658. The molecule has 0 bridgehead atoms. The van der Waals surface area contributed by atoms with Crippen molar-refractivity contribution in [3.8, 4) is 17.3 Å². The fourth-order valence-electron chi connectivity index (χ4n) is 1.72. The quantitative estimate of drug-likeness (QED) is 0.766. The summed E-state index contributed by atoms with van der Waals surface area (Å²) in [7, 11) is 0. The highest BCUT2D eigenvalue weighted by molar-refractivity contribution is 6.29. The zero-order valence-corrected chi connectivity index (χ0v) is 10.8. The van der Waals surface area contributed by atoms with Gasteiger partial charge in [0.05, 0.1) is 23.7 Å².